The summed E-state index contributed by atoms with van der Waals surface area (Å²) < 4.78 is 0. The second-order valence-corrected chi connectivity index (χ2v) is 4.33. The fourth-order valence-corrected chi connectivity index (χ4v) is 1.74. The zero-order chi connectivity index (χ0) is 11.3. The van der Waals surface area contributed by atoms with Crippen LogP contribution in [-0.4, -0.2) is 36.0 Å². The van der Waals surface area contributed by atoms with Crippen molar-refractivity contribution in [3.63, 3.8) is 0 Å². The molecule has 0 spiro atoms. The second-order valence-electron chi connectivity index (χ2n) is 3.52. The zero-order valence-electron chi connectivity index (χ0n) is 8.66. The van der Waals surface area contributed by atoms with E-state index in [1.807, 2.05) is 24.1 Å². The molecule has 0 fully saturated rings. The highest BCUT2D eigenvalue weighted by Crippen LogP contribution is 2.16. The van der Waals surface area contributed by atoms with E-state index in [0.29, 0.717) is 17.4 Å². The summed E-state index contributed by atoms with van der Waals surface area (Å²) in [6, 6.07) is 7.23. The first-order valence-corrected chi connectivity index (χ1v) is 5.72. The lowest BCUT2D eigenvalue weighted by Gasteiger charge is -2.19. The van der Waals surface area contributed by atoms with E-state index in [9.17, 15) is 5.11 Å². The van der Waals surface area contributed by atoms with Crippen molar-refractivity contribution in [2.75, 3.05) is 26.0 Å². The fraction of sp³-hybridized carbons (Fsp3) is 0.455. The molecular weight excluding hydrogens is 233 g/mol. The molecule has 1 unspecified atom stereocenters. The number of rotatable bonds is 5. The number of hydrogen-bond donors (Lipinski definition) is 1. The van der Waals surface area contributed by atoms with E-state index < -0.39 is 6.10 Å². The van der Waals surface area contributed by atoms with Gasteiger partial charge < -0.3 is 10.0 Å². The van der Waals surface area contributed by atoms with Gasteiger partial charge in [-0.2, -0.15) is 0 Å². The average molecular weight is 248 g/mol. The second kappa shape index (κ2) is 6.33. The number of likely N-dealkylation sites (N-methyl/N-ethyl adjacent to an activating group) is 1. The maximum atomic E-state index is 9.88. The lowest BCUT2D eigenvalue weighted by molar-refractivity contribution is 0.130. The molecule has 1 N–H and O–H groups in total. The summed E-state index contributed by atoms with van der Waals surface area (Å²) in [6.45, 7) is 1.35. The predicted molar refractivity (Wildman–Crippen MR) is 64.6 cm³/mol. The minimum atomic E-state index is -0.490. The van der Waals surface area contributed by atoms with Crippen LogP contribution < -0.4 is 0 Å². The van der Waals surface area contributed by atoms with E-state index in [0.717, 1.165) is 12.1 Å². The molecule has 1 rings (SSSR count). The number of benzene rings is 1. The third-order valence-electron chi connectivity index (χ3n) is 2.21. The maximum Gasteiger partial charge on any atom is 0.0916 e. The molecule has 0 saturated carbocycles. The first kappa shape index (κ1) is 12.8. The summed E-state index contributed by atoms with van der Waals surface area (Å²) in [5, 5.41) is 10.6. The first-order valence-electron chi connectivity index (χ1n) is 4.81. The van der Waals surface area contributed by atoms with E-state index in [4.69, 9.17) is 23.2 Å². The molecule has 0 aliphatic carbocycles. The fourth-order valence-electron chi connectivity index (χ4n) is 1.32. The smallest absolute Gasteiger partial charge is 0.0916 e. The summed E-state index contributed by atoms with van der Waals surface area (Å²) in [4.78, 5) is 1.99. The summed E-state index contributed by atoms with van der Waals surface area (Å²) in [7, 11) is 1.93. The monoisotopic (exact) mass is 247 g/mol. The molecule has 1 aromatic rings. The molecule has 0 radical (unpaired) electrons. The van der Waals surface area contributed by atoms with Crippen molar-refractivity contribution >= 4 is 23.2 Å². The van der Waals surface area contributed by atoms with Crippen LogP contribution in [0.15, 0.2) is 24.3 Å². The minimum Gasteiger partial charge on any atom is -0.387 e. The Kier molecular flexibility index (Phi) is 5.40. The van der Waals surface area contributed by atoms with Crippen molar-refractivity contribution in [1.29, 1.82) is 0 Å². The predicted octanol–water partition coefficient (Wildman–Crippen LogP) is 2.54. The van der Waals surface area contributed by atoms with Gasteiger partial charge in [0.1, 0.15) is 0 Å². The number of halogens is 2. The van der Waals surface area contributed by atoms with Crippen molar-refractivity contribution in [3.05, 3.63) is 34.9 Å². The van der Waals surface area contributed by atoms with E-state index in [1.54, 1.807) is 12.1 Å². The molecule has 84 valence electrons. The molecule has 15 heavy (non-hydrogen) atoms. The molecule has 0 amide bonds. The Bertz CT molecular complexity index is 289. The third-order valence-corrected chi connectivity index (χ3v) is 2.63. The van der Waals surface area contributed by atoms with Crippen LogP contribution in [0.5, 0.6) is 0 Å². The minimum absolute atomic E-state index is 0.490. The lowest BCUT2D eigenvalue weighted by Crippen LogP contribution is -2.26. The van der Waals surface area contributed by atoms with Gasteiger partial charge in [0.25, 0.3) is 0 Å². The first-order chi connectivity index (χ1) is 7.13. The third kappa shape index (κ3) is 4.39. The highest BCUT2D eigenvalue weighted by atomic mass is 35.5. The van der Waals surface area contributed by atoms with Crippen molar-refractivity contribution < 1.29 is 5.11 Å². The van der Waals surface area contributed by atoms with Crippen LogP contribution in [0.25, 0.3) is 0 Å². The van der Waals surface area contributed by atoms with Gasteiger partial charge in [-0.1, -0.05) is 23.7 Å². The van der Waals surface area contributed by atoms with Gasteiger partial charge in [-0.25, -0.2) is 0 Å². The van der Waals surface area contributed by atoms with Gasteiger partial charge in [0.15, 0.2) is 0 Å². The largest absolute Gasteiger partial charge is 0.387 e. The standard InChI is InChI=1S/C11H15Cl2NO/c1-14(7-6-12)8-11(15)9-2-4-10(13)5-3-9/h2-5,11,15H,6-8H2,1H3. The number of aliphatic hydroxyl groups excluding tert-OH is 1. The Morgan fingerprint density at radius 1 is 1.33 bits per heavy atom. The Labute approximate surface area is 100 Å². The van der Waals surface area contributed by atoms with Crippen LogP contribution in [0, 0.1) is 0 Å². The highest BCUT2D eigenvalue weighted by Gasteiger charge is 2.09. The van der Waals surface area contributed by atoms with Gasteiger partial charge in [-0.05, 0) is 24.7 Å². The van der Waals surface area contributed by atoms with Crippen LogP contribution >= 0.6 is 23.2 Å². The Balaban J connectivity index is 2.53. The molecule has 0 aliphatic heterocycles. The lowest BCUT2D eigenvalue weighted by atomic mass is 10.1. The number of alkyl halides is 1. The van der Waals surface area contributed by atoms with Crippen molar-refractivity contribution in [3.8, 4) is 0 Å². The molecule has 0 heterocycles. The number of nitrogens with zero attached hydrogens (tertiary/aromatic N) is 1. The molecule has 2 nitrogen and oxygen atoms in total. The molecule has 1 atom stereocenters. The van der Waals surface area contributed by atoms with E-state index in [-0.39, 0.29) is 0 Å². The summed E-state index contributed by atoms with van der Waals surface area (Å²) in [6.07, 6.45) is -0.490. The van der Waals surface area contributed by atoms with Gasteiger partial charge in [0.05, 0.1) is 6.10 Å². The van der Waals surface area contributed by atoms with Gasteiger partial charge in [0.2, 0.25) is 0 Å². The van der Waals surface area contributed by atoms with Crippen molar-refractivity contribution in [2.45, 2.75) is 6.10 Å². The Morgan fingerprint density at radius 2 is 1.93 bits per heavy atom. The van der Waals surface area contributed by atoms with Gasteiger partial charge in [-0.15, -0.1) is 11.6 Å². The zero-order valence-corrected chi connectivity index (χ0v) is 10.2. The van der Waals surface area contributed by atoms with Crippen molar-refractivity contribution in [1.82, 2.24) is 4.90 Å². The Hall–Kier alpha value is -0.280. The summed E-state index contributed by atoms with van der Waals surface area (Å²) in [5.41, 5.74) is 0.876. The summed E-state index contributed by atoms with van der Waals surface area (Å²) in [5.74, 6) is 0.573. The molecular formula is C11H15Cl2NO. The summed E-state index contributed by atoms with van der Waals surface area (Å²) >= 11 is 11.4. The Morgan fingerprint density at radius 3 is 2.47 bits per heavy atom. The molecule has 4 heteroatoms. The van der Waals surface area contributed by atoms with E-state index >= 15 is 0 Å². The van der Waals surface area contributed by atoms with Crippen LogP contribution in [0.1, 0.15) is 11.7 Å². The van der Waals surface area contributed by atoms with Crippen LogP contribution in [0.4, 0.5) is 0 Å². The highest BCUT2D eigenvalue weighted by molar-refractivity contribution is 6.30. The average Bonchev–Trinajstić information content (AvgIpc) is 2.18. The van der Waals surface area contributed by atoms with Crippen LogP contribution in [-0.2, 0) is 0 Å². The molecule has 1 aromatic carbocycles. The number of aliphatic hydroxyl groups is 1. The number of hydrogen-bond acceptors (Lipinski definition) is 2. The normalized spacial score (nSPS) is 13.1. The molecule has 0 bridgehead atoms. The maximum absolute atomic E-state index is 9.88. The topological polar surface area (TPSA) is 23.5 Å². The van der Waals surface area contributed by atoms with Gasteiger partial charge >= 0.3 is 0 Å². The molecule has 0 saturated heterocycles. The van der Waals surface area contributed by atoms with Gasteiger partial charge in [-0.3, -0.25) is 0 Å². The molecule has 0 aliphatic rings. The van der Waals surface area contributed by atoms with Gasteiger partial charge in [0, 0.05) is 24.0 Å². The van der Waals surface area contributed by atoms with E-state index in [2.05, 4.69) is 0 Å². The van der Waals surface area contributed by atoms with Crippen LogP contribution in [0.3, 0.4) is 0 Å². The van der Waals surface area contributed by atoms with E-state index in [1.165, 1.54) is 0 Å². The molecule has 0 aromatic heterocycles. The van der Waals surface area contributed by atoms with Crippen LogP contribution in [0.2, 0.25) is 5.02 Å². The SMILES string of the molecule is CN(CCCl)CC(O)c1ccc(Cl)cc1. The quantitative estimate of drug-likeness (QED) is 0.809. The van der Waals surface area contributed by atoms with Crippen molar-refractivity contribution in [2.24, 2.45) is 0 Å².